The van der Waals surface area contributed by atoms with Crippen LogP contribution in [-0.2, 0) is 13.0 Å². The Morgan fingerprint density at radius 1 is 1.38 bits per heavy atom. The van der Waals surface area contributed by atoms with E-state index in [0.717, 1.165) is 24.6 Å². The second kappa shape index (κ2) is 6.24. The molecule has 1 amide bonds. The van der Waals surface area contributed by atoms with Crippen LogP contribution in [0.1, 0.15) is 20.8 Å². The van der Waals surface area contributed by atoms with Crippen LogP contribution in [0.15, 0.2) is 30.5 Å². The van der Waals surface area contributed by atoms with Crippen LogP contribution in [-0.4, -0.2) is 35.7 Å². The fourth-order valence-corrected chi connectivity index (χ4v) is 3.29. The summed E-state index contributed by atoms with van der Waals surface area (Å²) in [7, 11) is 0. The normalized spacial score (nSPS) is 13.9. The summed E-state index contributed by atoms with van der Waals surface area (Å²) in [6.07, 6.45) is 2.61. The van der Waals surface area contributed by atoms with Gasteiger partial charge in [0.2, 0.25) is 0 Å². The Morgan fingerprint density at radius 2 is 2.19 bits per heavy atom. The maximum absolute atomic E-state index is 11.8. The molecule has 0 fully saturated rings. The van der Waals surface area contributed by atoms with E-state index in [2.05, 4.69) is 39.5 Å². The van der Waals surface area contributed by atoms with Gasteiger partial charge in [-0.25, -0.2) is 4.98 Å². The monoisotopic (exact) mass is 303 g/mol. The Bertz CT molecular complexity index is 641. The molecule has 2 heterocycles. The average molecular weight is 303 g/mol. The molecule has 21 heavy (non-hydrogen) atoms. The number of aliphatic hydroxyl groups excluding tert-OH is 1. The number of nitrogens with one attached hydrogen (secondary N) is 1. The van der Waals surface area contributed by atoms with Gasteiger partial charge < -0.3 is 15.3 Å². The molecular weight excluding hydrogens is 286 g/mol. The third-order valence-electron chi connectivity index (χ3n) is 3.52. The molecule has 0 bridgehead atoms. The van der Waals surface area contributed by atoms with E-state index in [4.69, 9.17) is 5.11 Å². The van der Waals surface area contributed by atoms with Gasteiger partial charge in [0.1, 0.15) is 4.88 Å². The first kappa shape index (κ1) is 14.0. The predicted molar refractivity (Wildman–Crippen MR) is 82.7 cm³/mol. The number of hydrogen-bond donors (Lipinski definition) is 2. The second-order valence-corrected chi connectivity index (χ2v) is 5.94. The molecule has 0 atom stereocenters. The number of aliphatic hydroxyl groups is 1. The van der Waals surface area contributed by atoms with Gasteiger partial charge in [-0.05, 0) is 17.5 Å². The van der Waals surface area contributed by atoms with Crippen LogP contribution in [0.2, 0.25) is 0 Å². The average Bonchev–Trinajstić information content (AvgIpc) is 3.02. The Kier molecular flexibility index (Phi) is 4.17. The Labute approximate surface area is 127 Å². The van der Waals surface area contributed by atoms with Crippen LogP contribution >= 0.6 is 11.3 Å². The summed E-state index contributed by atoms with van der Waals surface area (Å²) in [6, 6.07) is 8.44. The number of rotatable bonds is 4. The standard InChI is InChI=1S/C15H17N3O2S/c19-8-6-16-14(20)13-9-17-15(21-13)18-7-5-11-3-1-2-4-12(11)10-18/h1-4,9,19H,5-8,10H2,(H,16,20). The van der Waals surface area contributed by atoms with Crippen LogP contribution in [0.3, 0.4) is 0 Å². The Balaban J connectivity index is 1.71. The van der Waals surface area contributed by atoms with Gasteiger partial charge in [0.05, 0.1) is 12.8 Å². The number of hydrogen-bond acceptors (Lipinski definition) is 5. The Hall–Kier alpha value is -1.92. The van der Waals surface area contributed by atoms with Crippen molar-refractivity contribution in [2.24, 2.45) is 0 Å². The molecule has 2 aromatic rings. The largest absolute Gasteiger partial charge is 0.395 e. The van der Waals surface area contributed by atoms with E-state index in [1.807, 2.05) is 0 Å². The smallest absolute Gasteiger partial charge is 0.263 e. The molecular formula is C15H17N3O2S. The zero-order valence-corrected chi connectivity index (χ0v) is 12.4. The van der Waals surface area contributed by atoms with E-state index in [-0.39, 0.29) is 19.1 Å². The molecule has 2 N–H and O–H groups in total. The summed E-state index contributed by atoms with van der Waals surface area (Å²) in [5, 5.41) is 12.2. The number of aromatic nitrogens is 1. The fraction of sp³-hybridized carbons (Fsp3) is 0.333. The summed E-state index contributed by atoms with van der Waals surface area (Å²) in [6.45, 7) is 1.97. The number of anilines is 1. The minimum absolute atomic E-state index is 0.0552. The number of carbonyl (C=O) groups is 1. The minimum atomic E-state index is -0.176. The Morgan fingerprint density at radius 3 is 3.00 bits per heavy atom. The number of benzene rings is 1. The molecule has 0 saturated carbocycles. The van der Waals surface area contributed by atoms with Crippen molar-refractivity contribution in [2.75, 3.05) is 24.6 Å². The first-order valence-electron chi connectivity index (χ1n) is 6.94. The lowest BCUT2D eigenvalue weighted by Gasteiger charge is -2.28. The summed E-state index contributed by atoms with van der Waals surface area (Å²) in [5.41, 5.74) is 2.72. The van der Waals surface area contributed by atoms with Gasteiger partial charge >= 0.3 is 0 Å². The molecule has 3 rings (SSSR count). The summed E-state index contributed by atoms with van der Waals surface area (Å²) in [4.78, 5) is 19.0. The molecule has 0 spiro atoms. The summed E-state index contributed by atoms with van der Waals surface area (Å²) >= 11 is 1.39. The predicted octanol–water partition coefficient (Wildman–Crippen LogP) is 1.43. The van der Waals surface area contributed by atoms with Crippen molar-refractivity contribution in [1.29, 1.82) is 0 Å². The molecule has 1 aromatic carbocycles. The number of fused-ring (bicyclic) bond motifs is 1. The van der Waals surface area contributed by atoms with Crippen molar-refractivity contribution in [3.8, 4) is 0 Å². The van der Waals surface area contributed by atoms with Gasteiger partial charge in [-0.2, -0.15) is 0 Å². The molecule has 0 radical (unpaired) electrons. The molecule has 1 aliphatic rings. The van der Waals surface area contributed by atoms with Gasteiger partial charge in [-0.15, -0.1) is 0 Å². The minimum Gasteiger partial charge on any atom is -0.395 e. The molecule has 110 valence electrons. The third kappa shape index (κ3) is 3.06. The van der Waals surface area contributed by atoms with Crippen LogP contribution in [0.5, 0.6) is 0 Å². The fourth-order valence-electron chi connectivity index (χ4n) is 2.43. The maximum Gasteiger partial charge on any atom is 0.263 e. The first-order valence-corrected chi connectivity index (χ1v) is 7.76. The second-order valence-electron chi connectivity index (χ2n) is 4.93. The summed E-state index contributed by atoms with van der Waals surface area (Å²) in [5.74, 6) is -0.176. The lowest BCUT2D eigenvalue weighted by atomic mass is 10.0. The third-order valence-corrected chi connectivity index (χ3v) is 4.57. The molecule has 1 aliphatic heterocycles. The number of nitrogens with zero attached hydrogens (tertiary/aromatic N) is 2. The highest BCUT2D eigenvalue weighted by Gasteiger charge is 2.19. The number of thiazole rings is 1. The highest BCUT2D eigenvalue weighted by molar-refractivity contribution is 7.17. The van der Waals surface area contributed by atoms with E-state index in [1.54, 1.807) is 6.20 Å². The number of amides is 1. The van der Waals surface area contributed by atoms with E-state index in [0.29, 0.717) is 4.88 Å². The van der Waals surface area contributed by atoms with Gasteiger partial charge in [0.15, 0.2) is 5.13 Å². The summed E-state index contributed by atoms with van der Waals surface area (Å²) < 4.78 is 0. The van der Waals surface area contributed by atoms with Gasteiger partial charge in [-0.1, -0.05) is 35.6 Å². The van der Waals surface area contributed by atoms with E-state index >= 15 is 0 Å². The quantitative estimate of drug-likeness (QED) is 0.897. The SMILES string of the molecule is O=C(NCCO)c1cnc(N2CCc3ccccc3C2)s1. The lowest BCUT2D eigenvalue weighted by Crippen LogP contribution is -2.30. The van der Waals surface area contributed by atoms with Crippen molar-refractivity contribution in [3.63, 3.8) is 0 Å². The van der Waals surface area contributed by atoms with Crippen LogP contribution in [0.25, 0.3) is 0 Å². The van der Waals surface area contributed by atoms with Gasteiger partial charge in [0.25, 0.3) is 5.91 Å². The van der Waals surface area contributed by atoms with Gasteiger partial charge in [0, 0.05) is 19.6 Å². The molecule has 0 unspecified atom stereocenters. The lowest BCUT2D eigenvalue weighted by molar-refractivity contribution is 0.0948. The highest BCUT2D eigenvalue weighted by Crippen LogP contribution is 2.28. The van der Waals surface area contributed by atoms with E-state index < -0.39 is 0 Å². The van der Waals surface area contributed by atoms with Crippen molar-refractivity contribution < 1.29 is 9.90 Å². The van der Waals surface area contributed by atoms with Crippen molar-refractivity contribution in [3.05, 3.63) is 46.5 Å². The molecule has 6 heteroatoms. The zero-order chi connectivity index (χ0) is 14.7. The van der Waals surface area contributed by atoms with Gasteiger partial charge in [-0.3, -0.25) is 4.79 Å². The van der Waals surface area contributed by atoms with Crippen LogP contribution in [0.4, 0.5) is 5.13 Å². The highest BCUT2D eigenvalue weighted by atomic mass is 32.1. The van der Waals surface area contributed by atoms with Crippen LogP contribution in [0, 0.1) is 0 Å². The van der Waals surface area contributed by atoms with Crippen molar-refractivity contribution in [1.82, 2.24) is 10.3 Å². The van der Waals surface area contributed by atoms with Crippen LogP contribution < -0.4 is 10.2 Å². The van der Waals surface area contributed by atoms with E-state index in [1.165, 1.54) is 22.5 Å². The molecule has 0 saturated heterocycles. The van der Waals surface area contributed by atoms with E-state index in [9.17, 15) is 4.79 Å². The number of carbonyl (C=O) groups excluding carboxylic acids is 1. The maximum atomic E-state index is 11.8. The van der Waals surface area contributed by atoms with Crippen molar-refractivity contribution in [2.45, 2.75) is 13.0 Å². The first-order chi connectivity index (χ1) is 10.3. The van der Waals surface area contributed by atoms with Crippen molar-refractivity contribution >= 4 is 22.4 Å². The molecule has 1 aromatic heterocycles. The zero-order valence-electron chi connectivity index (χ0n) is 11.6. The molecule has 5 nitrogen and oxygen atoms in total. The molecule has 0 aliphatic carbocycles. The topological polar surface area (TPSA) is 65.5 Å².